The maximum atomic E-state index is 11.6. The number of hydrogen-bond donors (Lipinski definition) is 0. The van der Waals surface area contributed by atoms with E-state index in [1.165, 1.54) is 5.06 Å². The molecule has 0 aromatic carbocycles. The van der Waals surface area contributed by atoms with Crippen LogP contribution in [0.25, 0.3) is 0 Å². The summed E-state index contributed by atoms with van der Waals surface area (Å²) in [5.41, 5.74) is 0. The molecule has 7 heteroatoms. The van der Waals surface area contributed by atoms with Crippen LogP contribution in [0.15, 0.2) is 0 Å². The maximum Gasteiger partial charge on any atom is 0.0554 e. The summed E-state index contributed by atoms with van der Waals surface area (Å²) in [5, 5.41) is 25.5. The van der Waals surface area contributed by atoms with Crippen LogP contribution in [0.4, 0.5) is 0 Å². The molecule has 17 heavy (non-hydrogen) atoms. The fourth-order valence-corrected chi connectivity index (χ4v) is 5.55. The molecular formula is C10H19IN2O2S2-2. The number of nitrogens with zero attached hydrogens (tertiary/aromatic N) is 2. The van der Waals surface area contributed by atoms with Gasteiger partial charge in [0.25, 0.3) is 0 Å². The van der Waals surface area contributed by atoms with Crippen LogP contribution in [-0.4, -0.2) is 32.0 Å². The SMILES string of the molecule is CCCC(SSC1CCCCN1[O-])N([O-])CI. The van der Waals surface area contributed by atoms with E-state index in [9.17, 15) is 10.4 Å². The summed E-state index contributed by atoms with van der Waals surface area (Å²) in [4.78, 5) is 0. The molecule has 1 aliphatic heterocycles. The van der Waals surface area contributed by atoms with E-state index in [-0.39, 0.29) is 10.7 Å². The third-order valence-corrected chi connectivity index (χ3v) is 6.49. The molecule has 0 spiro atoms. The number of hydrogen-bond acceptors (Lipinski definition) is 6. The Kier molecular flexibility index (Phi) is 8.85. The second-order valence-corrected chi connectivity index (χ2v) is 7.37. The average molecular weight is 390 g/mol. The largest absolute Gasteiger partial charge is 0.784 e. The van der Waals surface area contributed by atoms with Crippen LogP contribution >= 0.6 is 44.2 Å². The molecule has 1 rings (SSSR count). The van der Waals surface area contributed by atoms with Gasteiger partial charge in [-0.2, -0.15) is 0 Å². The highest BCUT2D eigenvalue weighted by molar-refractivity contribution is 14.1. The van der Waals surface area contributed by atoms with Crippen LogP contribution in [0, 0.1) is 10.4 Å². The molecule has 0 bridgehead atoms. The minimum absolute atomic E-state index is 0.0165. The standard InChI is InChI=1S/C10H19IN2O2S2/c1-2-5-9(13(15)8-11)16-17-10-6-3-4-7-12(10)14/h9-10H,2-8H2,1H3/q-2. The molecule has 0 saturated carbocycles. The Balaban J connectivity index is 2.34. The molecule has 0 aliphatic carbocycles. The molecule has 1 aliphatic rings. The first kappa shape index (κ1) is 16.3. The Morgan fingerprint density at radius 3 is 2.88 bits per heavy atom. The molecule has 0 radical (unpaired) electrons. The first-order valence-corrected chi connectivity index (χ1v) is 9.74. The average Bonchev–Trinajstić information content (AvgIpc) is 2.35. The van der Waals surface area contributed by atoms with Gasteiger partial charge in [-0.05, 0) is 32.2 Å². The van der Waals surface area contributed by atoms with Crippen molar-refractivity contribution in [2.24, 2.45) is 0 Å². The molecular weight excluding hydrogens is 371 g/mol. The van der Waals surface area contributed by atoms with Crippen molar-refractivity contribution in [3.63, 3.8) is 0 Å². The molecule has 1 saturated heterocycles. The van der Waals surface area contributed by atoms with E-state index in [1.54, 1.807) is 21.6 Å². The van der Waals surface area contributed by atoms with E-state index in [0.717, 1.165) is 37.2 Å². The molecule has 2 atom stereocenters. The van der Waals surface area contributed by atoms with Gasteiger partial charge in [0, 0.05) is 4.55 Å². The lowest BCUT2D eigenvalue weighted by Gasteiger charge is -2.41. The summed E-state index contributed by atoms with van der Waals surface area (Å²) >= 11 is 2.09. The van der Waals surface area contributed by atoms with E-state index in [4.69, 9.17) is 0 Å². The number of halogens is 1. The lowest BCUT2D eigenvalue weighted by molar-refractivity contribution is 0.285. The summed E-state index contributed by atoms with van der Waals surface area (Å²) in [5.74, 6) is 0. The van der Waals surface area contributed by atoms with Gasteiger partial charge < -0.3 is 20.5 Å². The van der Waals surface area contributed by atoms with Crippen molar-refractivity contribution in [2.75, 3.05) is 11.1 Å². The van der Waals surface area contributed by atoms with Crippen LogP contribution in [0.2, 0.25) is 0 Å². The quantitative estimate of drug-likeness (QED) is 0.164. The molecule has 0 aromatic rings. The minimum atomic E-state index is -0.0165. The van der Waals surface area contributed by atoms with Crippen LogP contribution < -0.4 is 0 Å². The van der Waals surface area contributed by atoms with Crippen LogP contribution in [0.3, 0.4) is 0 Å². The van der Waals surface area contributed by atoms with Crippen molar-refractivity contribution in [2.45, 2.75) is 49.8 Å². The van der Waals surface area contributed by atoms with Gasteiger partial charge in [0.1, 0.15) is 0 Å². The number of hydroxylamine groups is 4. The van der Waals surface area contributed by atoms with Crippen molar-refractivity contribution in [1.82, 2.24) is 10.1 Å². The Morgan fingerprint density at radius 2 is 2.29 bits per heavy atom. The first-order valence-electron chi connectivity index (χ1n) is 5.94. The molecule has 0 amide bonds. The van der Waals surface area contributed by atoms with Gasteiger partial charge in [-0.15, -0.1) is 0 Å². The van der Waals surface area contributed by atoms with Crippen molar-refractivity contribution >= 4 is 44.2 Å². The third kappa shape index (κ3) is 5.84. The smallest absolute Gasteiger partial charge is 0.0554 e. The predicted molar refractivity (Wildman–Crippen MR) is 85.7 cm³/mol. The highest BCUT2D eigenvalue weighted by atomic mass is 127. The van der Waals surface area contributed by atoms with Crippen molar-refractivity contribution < 1.29 is 0 Å². The van der Waals surface area contributed by atoms with Gasteiger partial charge in [0.2, 0.25) is 0 Å². The second kappa shape index (κ2) is 9.22. The van der Waals surface area contributed by atoms with Crippen molar-refractivity contribution in [3.8, 4) is 0 Å². The summed E-state index contributed by atoms with van der Waals surface area (Å²) in [6, 6.07) is 0. The monoisotopic (exact) mass is 390 g/mol. The Morgan fingerprint density at radius 1 is 1.53 bits per heavy atom. The van der Waals surface area contributed by atoms with Crippen LogP contribution in [0.5, 0.6) is 0 Å². The van der Waals surface area contributed by atoms with E-state index in [0.29, 0.717) is 11.1 Å². The van der Waals surface area contributed by atoms with Gasteiger partial charge in [-0.1, -0.05) is 57.5 Å². The Hall–Kier alpha value is 1.27. The molecule has 0 aromatic heterocycles. The highest BCUT2D eigenvalue weighted by Gasteiger charge is 2.19. The molecule has 4 nitrogen and oxygen atoms in total. The molecule has 1 heterocycles. The zero-order chi connectivity index (χ0) is 12.7. The molecule has 1 fully saturated rings. The summed E-state index contributed by atoms with van der Waals surface area (Å²) in [7, 11) is 3.16. The number of rotatable bonds is 7. The van der Waals surface area contributed by atoms with Gasteiger partial charge >= 0.3 is 0 Å². The third-order valence-electron chi connectivity index (χ3n) is 2.65. The first-order chi connectivity index (χ1) is 8.19. The number of alkyl halides is 1. The fourth-order valence-electron chi connectivity index (χ4n) is 1.66. The predicted octanol–water partition coefficient (Wildman–Crippen LogP) is 4.00. The van der Waals surface area contributed by atoms with E-state index in [1.807, 2.05) is 0 Å². The lowest BCUT2D eigenvalue weighted by Crippen LogP contribution is -2.32. The van der Waals surface area contributed by atoms with E-state index < -0.39 is 0 Å². The molecule has 0 N–H and O–H groups in total. The van der Waals surface area contributed by atoms with Gasteiger partial charge in [-0.3, -0.25) is 0 Å². The topological polar surface area (TPSA) is 52.6 Å². The Bertz CT molecular complexity index is 215. The minimum Gasteiger partial charge on any atom is -0.784 e. The fraction of sp³-hybridized carbons (Fsp3) is 1.00. The van der Waals surface area contributed by atoms with Gasteiger partial charge in [-0.25, -0.2) is 0 Å². The lowest BCUT2D eigenvalue weighted by atomic mass is 10.2. The van der Waals surface area contributed by atoms with Crippen LogP contribution in [-0.2, 0) is 0 Å². The molecule has 2 unspecified atom stereocenters. The highest BCUT2D eigenvalue weighted by Crippen LogP contribution is 2.39. The Labute approximate surface area is 125 Å². The summed E-state index contributed by atoms with van der Waals surface area (Å²) in [6.45, 7) is 2.73. The van der Waals surface area contributed by atoms with E-state index in [2.05, 4.69) is 29.5 Å². The second-order valence-electron chi connectivity index (χ2n) is 4.06. The zero-order valence-corrected chi connectivity index (χ0v) is 13.8. The van der Waals surface area contributed by atoms with E-state index >= 15 is 0 Å². The summed E-state index contributed by atoms with van der Waals surface area (Å²) in [6.07, 6.45) is 4.96. The maximum absolute atomic E-state index is 11.6. The molecule has 102 valence electrons. The van der Waals surface area contributed by atoms with Gasteiger partial charge in [0.05, 0.1) is 10.7 Å². The zero-order valence-electron chi connectivity index (χ0n) is 10.0. The van der Waals surface area contributed by atoms with Crippen molar-refractivity contribution in [3.05, 3.63) is 10.4 Å². The van der Waals surface area contributed by atoms with Gasteiger partial charge in [0.15, 0.2) is 0 Å². The number of piperidine rings is 1. The summed E-state index contributed by atoms with van der Waals surface area (Å²) < 4.78 is 0.488. The van der Waals surface area contributed by atoms with Crippen molar-refractivity contribution in [1.29, 1.82) is 0 Å². The normalized spacial score (nSPS) is 24.2. The van der Waals surface area contributed by atoms with Crippen LogP contribution in [0.1, 0.15) is 39.0 Å².